The molecule has 1 nitrogen and oxygen atoms in total. The zero-order valence-corrected chi connectivity index (χ0v) is 7.79. The molecule has 3 heteroatoms. The summed E-state index contributed by atoms with van der Waals surface area (Å²) in [4.78, 5) is 1.16. The van der Waals surface area contributed by atoms with Crippen molar-refractivity contribution in [1.82, 2.24) is 0 Å². The third kappa shape index (κ3) is 1.44. The second kappa shape index (κ2) is 3.15. The summed E-state index contributed by atoms with van der Waals surface area (Å²) in [6.07, 6.45) is 7.47. The highest BCUT2D eigenvalue weighted by Crippen LogP contribution is 2.31. The van der Waals surface area contributed by atoms with E-state index in [2.05, 4.69) is 18.2 Å². The molecule has 2 heterocycles. The molecule has 0 amide bonds. The Balaban J connectivity index is 2.15. The zero-order valence-electron chi connectivity index (χ0n) is 6.16. The first-order chi connectivity index (χ1) is 5.38. The molecule has 0 aromatic heterocycles. The van der Waals surface area contributed by atoms with E-state index in [1.54, 1.807) is 0 Å². The van der Waals surface area contributed by atoms with Crippen molar-refractivity contribution in [3.63, 3.8) is 0 Å². The average Bonchev–Trinajstić information content (AvgIpc) is 2.55. The van der Waals surface area contributed by atoms with Crippen molar-refractivity contribution < 1.29 is 4.21 Å². The summed E-state index contributed by atoms with van der Waals surface area (Å²) in [6.45, 7) is 0. The Bertz CT molecular complexity index is 242. The van der Waals surface area contributed by atoms with Crippen LogP contribution in [0.25, 0.3) is 0 Å². The van der Waals surface area contributed by atoms with Gasteiger partial charge in [0.25, 0.3) is 0 Å². The second-order valence-corrected chi connectivity index (χ2v) is 5.37. The van der Waals surface area contributed by atoms with Crippen LogP contribution < -0.4 is 0 Å². The molecule has 0 aromatic rings. The van der Waals surface area contributed by atoms with Crippen LogP contribution >= 0.6 is 11.8 Å². The summed E-state index contributed by atoms with van der Waals surface area (Å²) in [5.74, 6) is 1.93. The van der Waals surface area contributed by atoms with Gasteiger partial charge in [-0.25, -0.2) is 0 Å². The number of hydrogen-bond acceptors (Lipinski definition) is 2. The van der Waals surface area contributed by atoms with Gasteiger partial charge in [0.2, 0.25) is 0 Å². The van der Waals surface area contributed by atoms with Gasteiger partial charge >= 0.3 is 0 Å². The normalized spacial score (nSPS) is 36.2. The van der Waals surface area contributed by atoms with Gasteiger partial charge < -0.3 is 0 Å². The van der Waals surface area contributed by atoms with Crippen molar-refractivity contribution in [1.29, 1.82) is 0 Å². The van der Waals surface area contributed by atoms with E-state index in [1.807, 2.05) is 11.8 Å². The van der Waals surface area contributed by atoms with E-state index in [0.717, 1.165) is 22.8 Å². The SMILES string of the molecule is O=S1CCC=C1C1C=CCS1. The first-order valence-electron chi connectivity index (χ1n) is 3.74. The molecule has 0 N–H and O–H groups in total. The average molecular weight is 186 g/mol. The molecule has 2 rings (SSSR count). The molecule has 0 aliphatic carbocycles. The highest BCUT2D eigenvalue weighted by molar-refractivity contribution is 8.02. The van der Waals surface area contributed by atoms with Crippen molar-refractivity contribution in [2.24, 2.45) is 0 Å². The topological polar surface area (TPSA) is 17.1 Å². The van der Waals surface area contributed by atoms with Crippen LogP contribution in [0.3, 0.4) is 0 Å². The van der Waals surface area contributed by atoms with Gasteiger partial charge in [-0.15, -0.1) is 11.8 Å². The molecule has 2 unspecified atom stereocenters. The van der Waals surface area contributed by atoms with Crippen LogP contribution in [-0.4, -0.2) is 21.0 Å². The largest absolute Gasteiger partial charge is 0.255 e. The summed E-state index contributed by atoms with van der Waals surface area (Å²) in [5, 5.41) is 0.429. The van der Waals surface area contributed by atoms with Gasteiger partial charge in [0.1, 0.15) is 0 Å². The fraction of sp³-hybridized carbons (Fsp3) is 0.500. The number of thioether (sulfide) groups is 1. The lowest BCUT2D eigenvalue weighted by molar-refractivity contribution is 0.688. The first-order valence-corrected chi connectivity index (χ1v) is 6.11. The maximum absolute atomic E-state index is 11.4. The molecule has 0 spiro atoms. The Morgan fingerprint density at radius 2 is 2.55 bits per heavy atom. The fourth-order valence-electron chi connectivity index (χ4n) is 1.34. The summed E-state index contributed by atoms with van der Waals surface area (Å²) < 4.78 is 11.4. The van der Waals surface area contributed by atoms with E-state index in [0.29, 0.717) is 5.25 Å². The molecule has 0 bridgehead atoms. The highest BCUT2D eigenvalue weighted by Gasteiger charge is 2.22. The smallest absolute Gasteiger partial charge is 0.0562 e. The molecular weight excluding hydrogens is 176 g/mol. The van der Waals surface area contributed by atoms with Crippen molar-refractivity contribution in [2.45, 2.75) is 11.7 Å². The Labute approximate surface area is 73.4 Å². The van der Waals surface area contributed by atoms with Crippen LogP contribution in [0.2, 0.25) is 0 Å². The minimum atomic E-state index is -0.661. The summed E-state index contributed by atoms with van der Waals surface area (Å²) in [6, 6.07) is 0. The number of allylic oxidation sites excluding steroid dienone is 1. The predicted molar refractivity (Wildman–Crippen MR) is 51.1 cm³/mol. The minimum absolute atomic E-state index is 0.429. The monoisotopic (exact) mass is 186 g/mol. The van der Waals surface area contributed by atoms with E-state index in [4.69, 9.17) is 0 Å². The zero-order chi connectivity index (χ0) is 7.68. The van der Waals surface area contributed by atoms with E-state index in [1.165, 1.54) is 0 Å². The molecule has 2 aliphatic rings. The molecular formula is C8H10OS2. The van der Waals surface area contributed by atoms with Crippen LogP contribution in [0.5, 0.6) is 0 Å². The Kier molecular flexibility index (Phi) is 2.18. The fourth-order valence-corrected chi connectivity index (χ4v) is 3.98. The molecule has 0 saturated heterocycles. The summed E-state index contributed by atoms with van der Waals surface area (Å²) in [5.41, 5.74) is 0. The molecule has 0 aromatic carbocycles. The van der Waals surface area contributed by atoms with Gasteiger partial charge in [-0.1, -0.05) is 18.2 Å². The quantitative estimate of drug-likeness (QED) is 0.580. The maximum Gasteiger partial charge on any atom is 0.0562 e. The van der Waals surface area contributed by atoms with E-state index >= 15 is 0 Å². The molecule has 2 aliphatic heterocycles. The molecule has 2 atom stereocenters. The third-order valence-corrected chi connectivity index (χ3v) is 4.73. The second-order valence-electron chi connectivity index (χ2n) is 2.63. The molecule has 0 fully saturated rings. The standard InChI is InChI=1S/C8H10OS2/c9-11-6-2-4-8(11)7-3-1-5-10-7/h1,3-4,7H,2,5-6H2. The Morgan fingerprint density at radius 3 is 3.09 bits per heavy atom. The van der Waals surface area contributed by atoms with Crippen LogP contribution in [0.15, 0.2) is 23.1 Å². The van der Waals surface area contributed by atoms with Crippen LogP contribution in [-0.2, 0) is 10.8 Å². The highest BCUT2D eigenvalue weighted by atomic mass is 32.2. The van der Waals surface area contributed by atoms with Gasteiger partial charge in [0, 0.05) is 16.4 Å². The first kappa shape index (κ1) is 7.62. The third-order valence-electron chi connectivity index (χ3n) is 1.87. The van der Waals surface area contributed by atoms with E-state index in [9.17, 15) is 4.21 Å². The van der Waals surface area contributed by atoms with Crippen molar-refractivity contribution in [3.05, 3.63) is 23.1 Å². The molecule has 0 radical (unpaired) electrons. The number of rotatable bonds is 1. The lowest BCUT2D eigenvalue weighted by atomic mass is 10.3. The van der Waals surface area contributed by atoms with Crippen molar-refractivity contribution in [3.8, 4) is 0 Å². The van der Waals surface area contributed by atoms with Crippen LogP contribution in [0.4, 0.5) is 0 Å². The minimum Gasteiger partial charge on any atom is -0.255 e. The molecule has 60 valence electrons. The van der Waals surface area contributed by atoms with Gasteiger partial charge in [-0.2, -0.15) is 0 Å². The van der Waals surface area contributed by atoms with Crippen molar-refractivity contribution >= 4 is 22.6 Å². The molecule has 0 saturated carbocycles. The Hall–Kier alpha value is -0.0200. The van der Waals surface area contributed by atoms with E-state index < -0.39 is 10.8 Å². The maximum atomic E-state index is 11.4. The lowest BCUT2D eigenvalue weighted by Gasteiger charge is -2.06. The lowest BCUT2D eigenvalue weighted by Crippen LogP contribution is -2.04. The number of hydrogen-bond donors (Lipinski definition) is 0. The predicted octanol–water partition coefficient (Wildman–Crippen LogP) is 1.69. The van der Waals surface area contributed by atoms with Crippen LogP contribution in [0, 0.1) is 0 Å². The summed E-state index contributed by atoms with van der Waals surface area (Å²) in [7, 11) is -0.661. The van der Waals surface area contributed by atoms with Gasteiger partial charge in [-0.05, 0) is 6.42 Å². The van der Waals surface area contributed by atoms with Gasteiger partial charge in [-0.3, -0.25) is 4.21 Å². The molecule has 11 heavy (non-hydrogen) atoms. The van der Waals surface area contributed by atoms with Crippen molar-refractivity contribution in [2.75, 3.05) is 11.5 Å². The van der Waals surface area contributed by atoms with E-state index in [-0.39, 0.29) is 0 Å². The van der Waals surface area contributed by atoms with Crippen LogP contribution in [0.1, 0.15) is 6.42 Å². The van der Waals surface area contributed by atoms with Gasteiger partial charge in [0.05, 0.1) is 16.0 Å². The van der Waals surface area contributed by atoms with Gasteiger partial charge in [0.15, 0.2) is 0 Å². The summed E-state index contributed by atoms with van der Waals surface area (Å²) >= 11 is 1.87. The Morgan fingerprint density at radius 1 is 1.64 bits per heavy atom.